The van der Waals surface area contributed by atoms with Crippen molar-refractivity contribution in [2.24, 2.45) is 0 Å². The zero-order valence-corrected chi connectivity index (χ0v) is 40.4. The number of unbranched alkanes of at least 4 members (excludes halogenated alkanes) is 31. The van der Waals surface area contributed by atoms with Crippen molar-refractivity contribution in [2.75, 3.05) is 6.61 Å². The van der Waals surface area contributed by atoms with Crippen LogP contribution in [0.5, 0.6) is 0 Å². The highest BCUT2D eigenvalue weighted by molar-refractivity contribution is 5.80. The Balaban J connectivity index is 3.70. The maximum atomic E-state index is 12.5. The summed E-state index contributed by atoms with van der Waals surface area (Å²) in [5, 5.41) is 43.8. The van der Waals surface area contributed by atoms with Crippen LogP contribution in [-0.2, 0) is 4.79 Å². The number of rotatable bonds is 48. The van der Waals surface area contributed by atoms with Gasteiger partial charge in [0.2, 0.25) is 5.91 Å². The summed E-state index contributed by atoms with van der Waals surface area (Å²) in [7, 11) is 0. The molecule has 5 N–H and O–H groups in total. The molecule has 0 saturated carbocycles. The summed E-state index contributed by atoms with van der Waals surface area (Å²) in [6, 6.07) is -1.02. The van der Waals surface area contributed by atoms with E-state index in [1.807, 2.05) is 0 Å². The zero-order chi connectivity index (χ0) is 44.5. The van der Waals surface area contributed by atoms with Crippen molar-refractivity contribution >= 4 is 5.91 Å². The molecular weight excluding hydrogens is 755 g/mol. The van der Waals surface area contributed by atoms with Crippen molar-refractivity contribution < 1.29 is 25.2 Å². The van der Waals surface area contributed by atoms with E-state index in [0.29, 0.717) is 19.3 Å². The first-order valence-corrected chi connectivity index (χ1v) is 26.5. The summed E-state index contributed by atoms with van der Waals surface area (Å²) < 4.78 is 0. The Morgan fingerprint density at radius 3 is 1.05 bits per heavy atom. The number of allylic oxidation sites excluding steroid dienone is 8. The van der Waals surface area contributed by atoms with Gasteiger partial charge in [-0.1, -0.05) is 223 Å². The quantitative estimate of drug-likeness (QED) is 0.0309. The van der Waals surface area contributed by atoms with Crippen molar-refractivity contribution in [1.82, 2.24) is 5.32 Å². The van der Waals surface area contributed by atoms with E-state index in [9.17, 15) is 25.2 Å². The van der Waals surface area contributed by atoms with Gasteiger partial charge in [0.05, 0.1) is 18.8 Å². The number of hydrogen-bond acceptors (Lipinski definition) is 5. The topological polar surface area (TPSA) is 110 Å². The van der Waals surface area contributed by atoms with Gasteiger partial charge in [-0.15, -0.1) is 0 Å². The molecule has 0 fully saturated rings. The zero-order valence-electron chi connectivity index (χ0n) is 40.4. The van der Waals surface area contributed by atoms with Gasteiger partial charge < -0.3 is 25.7 Å². The van der Waals surface area contributed by atoms with Crippen molar-refractivity contribution in [3.8, 4) is 0 Å². The van der Waals surface area contributed by atoms with Crippen LogP contribution < -0.4 is 5.32 Å². The fourth-order valence-corrected chi connectivity index (χ4v) is 8.02. The largest absolute Gasteiger partial charge is 0.394 e. The Morgan fingerprint density at radius 1 is 0.393 bits per heavy atom. The first-order chi connectivity index (χ1) is 30.0. The predicted molar refractivity (Wildman–Crippen MR) is 265 cm³/mol. The predicted octanol–water partition coefficient (Wildman–Crippen LogP) is 15.0. The van der Waals surface area contributed by atoms with E-state index >= 15 is 0 Å². The molecule has 0 aliphatic carbocycles. The molecule has 0 radical (unpaired) electrons. The second-order valence-electron chi connectivity index (χ2n) is 18.2. The number of carbonyl (C=O) groups excluding carboxylic acids is 1. The molecule has 0 rings (SSSR count). The van der Waals surface area contributed by atoms with Gasteiger partial charge in [0.25, 0.3) is 0 Å². The highest BCUT2D eigenvalue weighted by atomic mass is 16.3. The van der Waals surface area contributed by atoms with Gasteiger partial charge in [0.1, 0.15) is 12.2 Å². The maximum absolute atomic E-state index is 12.5. The van der Waals surface area contributed by atoms with Crippen LogP contribution in [-0.4, -0.2) is 57.3 Å². The second-order valence-corrected chi connectivity index (χ2v) is 18.2. The lowest BCUT2D eigenvalue weighted by atomic mass is 10.00. The first-order valence-electron chi connectivity index (χ1n) is 26.5. The summed E-state index contributed by atoms with van der Waals surface area (Å²) in [6.45, 7) is 4.03. The molecule has 4 atom stereocenters. The molecule has 0 spiro atoms. The molecule has 0 aliphatic rings. The van der Waals surface area contributed by atoms with E-state index in [4.69, 9.17) is 0 Å². The van der Waals surface area contributed by atoms with E-state index in [-0.39, 0.29) is 0 Å². The van der Waals surface area contributed by atoms with Crippen LogP contribution >= 0.6 is 0 Å². The van der Waals surface area contributed by atoms with Gasteiger partial charge in [-0.25, -0.2) is 0 Å². The molecule has 61 heavy (non-hydrogen) atoms. The van der Waals surface area contributed by atoms with E-state index in [2.05, 4.69) is 67.8 Å². The van der Waals surface area contributed by atoms with Gasteiger partial charge in [-0.3, -0.25) is 4.79 Å². The molecule has 0 aliphatic heterocycles. The molecular formula is C55H103NO5. The Hall–Kier alpha value is -1.73. The summed E-state index contributed by atoms with van der Waals surface area (Å²) in [6.07, 6.45) is 61.8. The molecule has 4 unspecified atom stereocenters. The highest BCUT2D eigenvalue weighted by Gasteiger charge is 2.28. The van der Waals surface area contributed by atoms with Crippen LogP contribution in [0.15, 0.2) is 48.6 Å². The summed E-state index contributed by atoms with van der Waals surface area (Å²) in [4.78, 5) is 12.5. The van der Waals surface area contributed by atoms with Crippen LogP contribution in [0.2, 0.25) is 0 Å². The molecule has 1 amide bonds. The average molecular weight is 858 g/mol. The number of aliphatic hydroxyl groups excluding tert-OH is 4. The van der Waals surface area contributed by atoms with Crippen LogP contribution in [0.25, 0.3) is 0 Å². The van der Waals surface area contributed by atoms with Gasteiger partial charge in [0, 0.05) is 0 Å². The molecule has 0 bridgehead atoms. The average Bonchev–Trinajstić information content (AvgIpc) is 3.26. The monoisotopic (exact) mass is 858 g/mol. The third kappa shape index (κ3) is 43.3. The minimum absolute atomic E-state index is 0.350. The van der Waals surface area contributed by atoms with Gasteiger partial charge in [-0.2, -0.15) is 0 Å². The van der Waals surface area contributed by atoms with Crippen LogP contribution in [0.4, 0.5) is 0 Å². The number of carbonyl (C=O) groups is 1. The van der Waals surface area contributed by atoms with E-state index < -0.39 is 36.9 Å². The number of amides is 1. The van der Waals surface area contributed by atoms with Crippen molar-refractivity contribution in [2.45, 2.75) is 289 Å². The van der Waals surface area contributed by atoms with Crippen LogP contribution in [0.1, 0.15) is 264 Å². The first kappa shape index (κ1) is 59.3. The Morgan fingerprint density at radius 2 is 0.689 bits per heavy atom. The van der Waals surface area contributed by atoms with E-state index in [1.165, 1.54) is 167 Å². The van der Waals surface area contributed by atoms with Crippen molar-refractivity contribution in [3.05, 3.63) is 48.6 Å². The molecule has 6 nitrogen and oxygen atoms in total. The SMILES string of the molecule is CCCCCC/C=C\CCCCCCCCC(O)C(=O)NC(CO)C(O)C(O)CCC/C=C/CC/C=C/CC/C=C/CCCCCCCCCCCCCCCCCCCC. The summed E-state index contributed by atoms with van der Waals surface area (Å²) >= 11 is 0. The van der Waals surface area contributed by atoms with Gasteiger partial charge in [0.15, 0.2) is 0 Å². The smallest absolute Gasteiger partial charge is 0.249 e. The number of hydrogen-bond donors (Lipinski definition) is 5. The second kappa shape index (κ2) is 49.3. The Kier molecular flexibility index (Phi) is 47.9. The third-order valence-corrected chi connectivity index (χ3v) is 12.2. The standard InChI is InChI=1S/C55H103NO5/c1-3-5-7-9-11-13-15-17-19-20-21-22-23-24-25-26-27-28-29-30-31-32-33-34-35-37-38-40-42-44-46-48-52(58)54(60)51(50-57)56-55(61)53(59)49-47-45-43-41-39-36-18-16-14-12-10-8-6-4-2/h14,16,30-31,34-35,40,42,51-54,57-60H,3-13,15,17-29,32-33,36-39,41,43-50H2,1-2H3,(H,56,61)/b16-14-,31-30+,35-34+,42-40+. The van der Waals surface area contributed by atoms with Crippen molar-refractivity contribution in [3.63, 3.8) is 0 Å². The van der Waals surface area contributed by atoms with Gasteiger partial charge >= 0.3 is 0 Å². The summed E-state index contributed by atoms with van der Waals surface area (Å²) in [5.41, 5.74) is 0. The molecule has 0 aromatic carbocycles. The van der Waals surface area contributed by atoms with Gasteiger partial charge in [-0.05, 0) is 89.9 Å². The lowest BCUT2D eigenvalue weighted by Crippen LogP contribution is -2.53. The van der Waals surface area contributed by atoms with Crippen molar-refractivity contribution in [1.29, 1.82) is 0 Å². The maximum Gasteiger partial charge on any atom is 0.249 e. The number of aliphatic hydroxyl groups is 4. The highest BCUT2D eigenvalue weighted by Crippen LogP contribution is 2.16. The number of nitrogens with one attached hydrogen (secondary N) is 1. The van der Waals surface area contributed by atoms with E-state index in [1.54, 1.807) is 0 Å². The minimum Gasteiger partial charge on any atom is -0.394 e. The lowest BCUT2D eigenvalue weighted by molar-refractivity contribution is -0.132. The summed E-state index contributed by atoms with van der Waals surface area (Å²) in [5.74, 6) is -0.605. The molecule has 0 saturated heterocycles. The Bertz CT molecular complexity index is 1010. The molecule has 0 aromatic heterocycles. The fraction of sp³-hybridized carbons (Fsp3) is 0.836. The molecule has 0 heterocycles. The van der Waals surface area contributed by atoms with Crippen LogP contribution in [0.3, 0.4) is 0 Å². The lowest BCUT2D eigenvalue weighted by Gasteiger charge is -2.27. The third-order valence-electron chi connectivity index (χ3n) is 12.2. The molecule has 0 aromatic rings. The molecule has 6 heteroatoms. The minimum atomic E-state index is -1.30. The van der Waals surface area contributed by atoms with E-state index in [0.717, 1.165) is 64.2 Å². The normalized spacial score (nSPS) is 14.3. The fourth-order valence-electron chi connectivity index (χ4n) is 8.02. The Labute approximate surface area is 379 Å². The van der Waals surface area contributed by atoms with Crippen LogP contribution in [0, 0.1) is 0 Å². The molecule has 358 valence electrons.